The van der Waals surface area contributed by atoms with Crippen molar-refractivity contribution in [1.29, 1.82) is 0 Å². The minimum Gasteiger partial charge on any atom is -0.327 e. The van der Waals surface area contributed by atoms with Gasteiger partial charge in [-0.2, -0.15) is 0 Å². The quantitative estimate of drug-likeness (QED) is 0.531. The maximum atomic E-state index is 5.24. The Hall–Kier alpha value is 0.440. The summed E-state index contributed by atoms with van der Waals surface area (Å²) in [5.74, 6) is 0. The summed E-state index contributed by atoms with van der Waals surface area (Å²) in [5.41, 5.74) is 5.24. The lowest BCUT2D eigenvalue weighted by molar-refractivity contribution is 0.854. The van der Waals surface area contributed by atoms with Gasteiger partial charge in [0, 0.05) is 11.4 Å². The molecule has 0 bridgehead atoms. The van der Waals surface area contributed by atoms with Crippen molar-refractivity contribution in [2.24, 2.45) is 5.73 Å². The molecule has 0 saturated heterocycles. The molecule has 0 saturated carbocycles. The predicted octanol–water partition coefficient (Wildman–Crippen LogP) is 0.729. The van der Waals surface area contributed by atoms with Crippen LogP contribution in [0.25, 0.3) is 0 Å². The average Bonchev–Trinajstić information content (AvgIpc) is 1.38. The number of alkyl halides is 1. The first-order chi connectivity index (χ1) is 2.27. The summed E-state index contributed by atoms with van der Waals surface area (Å²) in [6.45, 7) is 1.95. The monoisotopic (exact) mass is 137 g/mol. The first kappa shape index (κ1) is 5.44. The molecule has 0 fully saturated rings. The van der Waals surface area contributed by atoms with Gasteiger partial charge in [0.15, 0.2) is 0 Å². The lowest BCUT2D eigenvalue weighted by atomic mass is 10.4. The highest BCUT2D eigenvalue weighted by atomic mass is 79.9. The van der Waals surface area contributed by atoms with Crippen LogP contribution in [-0.2, 0) is 0 Å². The van der Waals surface area contributed by atoms with Crippen LogP contribution in [0.3, 0.4) is 0 Å². The van der Waals surface area contributed by atoms with E-state index in [-0.39, 0.29) is 0 Å². The van der Waals surface area contributed by atoms with Gasteiger partial charge in [0.1, 0.15) is 0 Å². The molecule has 2 N–H and O–H groups in total. The van der Waals surface area contributed by atoms with E-state index in [2.05, 4.69) is 15.9 Å². The van der Waals surface area contributed by atoms with Gasteiger partial charge in [-0.3, -0.25) is 0 Å². The second-order valence-electron chi connectivity index (χ2n) is 1.13. The van der Waals surface area contributed by atoms with Crippen LogP contribution in [0.5, 0.6) is 0 Å². The van der Waals surface area contributed by atoms with E-state index >= 15 is 0 Å². The van der Waals surface area contributed by atoms with Gasteiger partial charge in [0.25, 0.3) is 0 Å². The minimum absolute atomic E-state index is 0.301. The van der Waals surface area contributed by atoms with Gasteiger partial charge in [-0.1, -0.05) is 15.9 Å². The molecule has 0 rings (SSSR count). The zero-order valence-electron chi connectivity index (χ0n) is 3.24. The summed E-state index contributed by atoms with van der Waals surface area (Å²) in [6, 6.07) is 0.301. The predicted molar refractivity (Wildman–Crippen MR) is 27.4 cm³/mol. The summed E-state index contributed by atoms with van der Waals surface area (Å²) in [6.07, 6.45) is 0. The molecule has 0 radical (unpaired) electrons. The Bertz CT molecular complexity index is 20.9. The van der Waals surface area contributed by atoms with Crippen molar-refractivity contribution in [3.63, 3.8) is 0 Å². The zero-order valence-corrected chi connectivity index (χ0v) is 4.83. The van der Waals surface area contributed by atoms with E-state index in [1.807, 2.05) is 6.92 Å². The molecule has 0 aromatic rings. The van der Waals surface area contributed by atoms with Crippen molar-refractivity contribution in [3.05, 3.63) is 0 Å². The van der Waals surface area contributed by atoms with Crippen LogP contribution < -0.4 is 5.73 Å². The summed E-state index contributed by atoms with van der Waals surface area (Å²) < 4.78 is 0. The van der Waals surface area contributed by atoms with E-state index in [0.29, 0.717) is 6.04 Å². The molecule has 0 aromatic heterocycles. The van der Waals surface area contributed by atoms with Crippen LogP contribution in [-0.4, -0.2) is 11.4 Å². The molecule has 0 aromatic carbocycles. The van der Waals surface area contributed by atoms with Crippen LogP contribution >= 0.6 is 15.9 Å². The molecule has 0 heterocycles. The summed E-state index contributed by atoms with van der Waals surface area (Å²) >= 11 is 3.19. The molecule has 0 aliphatic carbocycles. The van der Waals surface area contributed by atoms with Gasteiger partial charge in [-0.25, -0.2) is 0 Å². The third kappa shape index (κ3) is 4.44. The Labute approximate surface area is 40.7 Å². The van der Waals surface area contributed by atoms with Gasteiger partial charge >= 0.3 is 0 Å². The van der Waals surface area contributed by atoms with Crippen molar-refractivity contribution in [2.75, 3.05) is 5.33 Å². The van der Waals surface area contributed by atoms with E-state index in [1.165, 1.54) is 0 Å². The van der Waals surface area contributed by atoms with Crippen molar-refractivity contribution in [1.82, 2.24) is 0 Å². The summed E-state index contributed by atoms with van der Waals surface area (Å²) in [7, 11) is 0. The number of rotatable bonds is 1. The lowest BCUT2D eigenvalue weighted by Gasteiger charge is -1.90. The van der Waals surface area contributed by atoms with Gasteiger partial charge in [0.2, 0.25) is 0 Å². The molecule has 1 atom stereocenters. The molecule has 0 spiro atoms. The van der Waals surface area contributed by atoms with Crippen LogP contribution in [0.15, 0.2) is 0 Å². The lowest BCUT2D eigenvalue weighted by Crippen LogP contribution is -2.15. The average molecular weight is 138 g/mol. The van der Waals surface area contributed by atoms with Gasteiger partial charge < -0.3 is 5.73 Å². The molecule has 0 aliphatic rings. The molecular formula is C3H8BrN. The molecule has 2 heteroatoms. The summed E-state index contributed by atoms with van der Waals surface area (Å²) in [4.78, 5) is 0. The Balaban J connectivity index is 2.54. The molecule has 0 amide bonds. The molecule has 0 unspecified atom stereocenters. The van der Waals surface area contributed by atoms with E-state index in [1.54, 1.807) is 0 Å². The molecule has 32 valence electrons. The van der Waals surface area contributed by atoms with Gasteiger partial charge in [0.05, 0.1) is 0 Å². The second kappa shape index (κ2) is 2.67. The van der Waals surface area contributed by atoms with Crippen molar-refractivity contribution >= 4 is 15.9 Å². The van der Waals surface area contributed by atoms with Crippen molar-refractivity contribution < 1.29 is 0 Å². The third-order valence-electron chi connectivity index (χ3n) is 0.243. The van der Waals surface area contributed by atoms with E-state index < -0.39 is 0 Å². The fourth-order valence-electron chi connectivity index (χ4n) is 0. The normalized spacial score (nSPS) is 15.0. The maximum Gasteiger partial charge on any atom is 0.0181 e. The Morgan fingerprint density at radius 3 is 2.20 bits per heavy atom. The highest BCUT2D eigenvalue weighted by molar-refractivity contribution is 9.09. The zero-order chi connectivity index (χ0) is 4.28. The molecule has 5 heavy (non-hydrogen) atoms. The number of hydrogen-bond acceptors (Lipinski definition) is 1. The number of halogens is 1. The fraction of sp³-hybridized carbons (Fsp3) is 1.00. The smallest absolute Gasteiger partial charge is 0.0181 e. The van der Waals surface area contributed by atoms with Crippen LogP contribution in [0.1, 0.15) is 6.92 Å². The molecular weight excluding hydrogens is 130 g/mol. The highest BCUT2D eigenvalue weighted by Gasteiger charge is 1.81. The fourth-order valence-corrected chi connectivity index (χ4v) is 0. The topological polar surface area (TPSA) is 26.0 Å². The largest absolute Gasteiger partial charge is 0.327 e. The maximum absolute atomic E-state index is 5.24. The second-order valence-corrected chi connectivity index (χ2v) is 1.78. The standard InChI is InChI=1S/C3H8BrN/c1-3(5)2-4/h3H,2,5H2,1H3/t3-/m0/s1. The first-order valence-corrected chi connectivity index (χ1v) is 2.71. The Kier molecular flexibility index (Phi) is 2.90. The van der Waals surface area contributed by atoms with Gasteiger partial charge in [-0.15, -0.1) is 0 Å². The Morgan fingerprint density at radius 1 is 2.00 bits per heavy atom. The highest BCUT2D eigenvalue weighted by Crippen LogP contribution is 1.80. The SMILES string of the molecule is C[C@H](N)CBr. The van der Waals surface area contributed by atoms with Gasteiger partial charge in [-0.05, 0) is 6.92 Å². The number of hydrogen-bond donors (Lipinski definition) is 1. The van der Waals surface area contributed by atoms with E-state index in [0.717, 1.165) is 5.33 Å². The first-order valence-electron chi connectivity index (χ1n) is 1.59. The molecule has 1 nitrogen and oxygen atoms in total. The van der Waals surface area contributed by atoms with Crippen molar-refractivity contribution in [2.45, 2.75) is 13.0 Å². The van der Waals surface area contributed by atoms with E-state index in [4.69, 9.17) is 5.73 Å². The van der Waals surface area contributed by atoms with E-state index in [9.17, 15) is 0 Å². The summed E-state index contributed by atoms with van der Waals surface area (Å²) in [5, 5.41) is 0.896. The van der Waals surface area contributed by atoms with Crippen LogP contribution in [0, 0.1) is 0 Å². The van der Waals surface area contributed by atoms with Crippen molar-refractivity contribution in [3.8, 4) is 0 Å². The van der Waals surface area contributed by atoms with Crippen LogP contribution in [0.2, 0.25) is 0 Å². The third-order valence-corrected chi connectivity index (χ3v) is 1.26. The Morgan fingerprint density at radius 2 is 2.20 bits per heavy atom. The minimum atomic E-state index is 0.301. The van der Waals surface area contributed by atoms with Crippen LogP contribution in [0.4, 0.5) is 0 Å². The number of nitrogens with two attached hydrogens (primary N) is 1. The molecule has 0 aliphatic heterocycles.